The summed E-state index contributed by atoms with van der Waals surface area (Å²) >= 11 is 0. The van der Waals surface area contributed by atoms with Crippen LogP contribution >= 0.6 is 0 Å². The van der Waals surface area contributed by atoms with Gasteiger partial charge in [0, 0.05) is 46.9 Å². The normalized spacial score (nSPS) is 15.0. The van der Waals surface area contributed by atoms with Crippen LogP contribution < -0.4 is 10.3 Å². The van der Waals surface area contributed by atoms with Crippen LogP contribution in [0.25, 0.3) is 22.4 Å². The van der Waals surface area contributed by atoms with Gasteiger partial charge in [-0.2, -0.15) is 14.5 Å². The number of piperazine rings is 1. The molecule has 43 heavy (non-hydrogen) atoms. The number of H-pyrrole nitrogens is 1. The first-order valence-corrected chi connectivity index (χ1v) is 16.0. The van der Waals surface area contributed by atoms with Crippen molar-refractivity contribution >= 4 is 21.1 Å². The van der Waals surface area contributed by atoms with Crippen molar-refractivity contribution < 1.29 is 17.9 Å². The summed E-state index contributed by atoms with van der Waals surface area (Å²) in [6.07, 6.45) is 3.62. The van der Waals surface area contributed by atoms with Crippen molar-refractivity contribution in [3.05, 3.63) is 46.4 Å². The molecular weight excluding hydrogens is 574 g/mol. The quantitative estimate of drug-likeness (QED) is 0.236. The zero-order valence-electron chi connectivity index (χ0n) is 25.1. The number of methoxy groups -OCH3 is 1. The minimum atomic E-state index is -3.80. The number of nitrogens with zero attached hydrogens (tertiary/aromatic N) is 8. The molecule has 5 rings (SSSR count). The van der Waals surface area contributed by atoms with E-state index in [1.165, 1.54) is 10.6 Å². The molecule has 0 amide bonds. The summed E-state index contributed by atoms with van der Waals surface area (Å²) in [5.74, 6) is 1.31. The van der Waals surface area contributed by atoms with Gasteiger partial charge in [-0.05, 0) is 31.0 Å². The van der Waals surface area contributed by atoms with Gasteiger partial charge >= 0.3 is 0 Å². The fourth-order valence-electron chi connectivity index (χ4n) is 5.15. The lowest BCUT2D eigenvalue weighted by Crippen LogP contribution is -2.49. The molecule has 0 aliphatic carbocycles. The number of aromatic amines is 1. The van der Waals surface area contributed by atoms with Crippen LogP contribution in [0.5, 0.6) is 5.75 Å². The van der Waals surface area contributed by atoms with Gasteiger partial charge in [0.2, 0.25) is 10.0 Å². The number of sulfonamides is 1. The molecule has 14 nitrogen and oxygen atoms in total. The van der Waals surface area contributed by atoms with Crippen LogP contribution in [-0.2, 0) is 34.8 Å². The Morgan fingerprint density at radius 3 is 2.53 bits per heavy atom. The van der Waals surface area contributed by atoms with Gasteiger partial charge in [0.05, 0.1) is 29.4 Å². The lowest BCUT2D eigenvalue weighted by Gasteiger charge is -2.33. The van der Waals surface area contributed by atoms with E-state index in [0.29, 0.717) is 79.7 Å². The molecular formula is C28H39N9O5S. The molecule has 1 aliphatic rings. The van der Waals surface area contributed by atoms with Crippen LogP contribution in [0.4, 0.5) is 0 Å². The highest BCUT2D eigenvalue weighted by molar-refractivity contribution is 7.89. The Morgan fingerprint density at radius 2 is 1.86 bits per heavy atom. The first-order valence-electron chi connectivity index (χ1n) is 14.6. The predicted molar refractivity (Wildman–Crippen MR) is 161 cm³/mol. The van der Waals surface area contributed by atoms with Crippen LogP contribution in [0, 0.1) is 0 Å². The average molecular weight is 614 g/mol. The van der Waals surface area contributed by atoms with Gasteiger partial charge in [0.15, 0.2) is 5.52 Å². The van der Waals surface area contributed by atoms with Crippen molar-refractivity contribution in [1.29, 1.82) is 0 Å². The summed E-state index contributed by atoms with van der Waals surface area (Å²) < 4.78 is 43.4. The Balaban J connectivity index is 1.55. The second kappa shape index (κ2) is 13.3. The summed E-state index contributed by atoms with van der Waals surface area (Å²) in [6.45, 7) is 8.05. The van der Waals surface area contributed by atoms with E-state index in [1.54, 1.807) is 41.7 Å². The van der Waals surface area contributed by atoms with Gasteiger partial charge in [-0.1, -0.05) is 20.3 Å². The van der Waals surface area contributed by atoms with Crippen molar-refractivity contribution in [1.82, 2.24) is 43.7 Å². The maximum atomic E-state index is 13.7. The molecule has 1 fully saturated rings. The first-order chi connectivity index (χ1) is 20.8. The van der Waals surface area contributed by atoms with Crippen LogP contribution in [0.3, 0.4) is 0 Å². The number of aryl methyl sites for hydroxylation is 2. The van der Waals surface area contributed by atoms with E-state index >= 15 is 0 Å². The number of nitrogens with one attached hydrogen (secondary N) is 1. The van der Waals surface area contributed by atoms with E-state index in [-0.39, 0.29) is 22.8 Å². The fourth-order valence-corrected chi connectivity index (χ4v) is 6.60. The third-order valence-corrected chi connectivity index (χ3v) is 9.39. The van der Waals surface area contributed by atoms with Crippen molar-refractivity contribution in [2.45, 2.75) is 44.6 Å². The number of rotatable bonds is 13. The molecule has 15 heteroatoms. The molecule has 0 atom stereocenters. The monoisotopic (exact) mass is 613 g/mol. The third-order valence-electron chi connectivity index (χ3n) is 7.50. The molecule has 4 aromatic rings. The topological polar surface area (TPSA) is 153 Å². The summed E-state index contributed by atoms with van der Waals surface area (Å²) in [4.78, 5) is 27.9. The highest BCUT2D eigenvalue weighted by atomic mass is 32.2. The molecule has 232 valence electrons. The zero-order chi connectivity index (χ0) is 30.6. The van der Waals surface area contributed by atoms with Gasteiger partial charge in [-0.3, -0.25) is 14.4 Å². The minimum Gasteiger partial charge on any atom is -0.493 e. The average Bonchev–Trinajstić information content (AvgIpc) is 3.57. The highest BCUT2D eigenvalue weighted by Crippen LogP contribution is 2.32. The number of fused-ring (bicyclic) bond motifs is 1. The maximum Gasteiger partial charge on any atom is 0.277 e. The first kappa shape index (κ1) is 30.8. The second-order valence-electron chi connectivity index (χ2n) is 10.5. The summed E-state index contributed by atoms with van der Waals surface area (Å²) in [5, 5.41) is 8.83. The van der Waals surface area contributed by atoms with Gasteiger partial charge in [-0.25, -0.2) is 23.1 Å². The van der Waals surface area contributed by atoms with Crippen LogP contribution in [0.1, 0.15) is 38.2 Å². The van der Waals surface area contributed by atoms with E-state index in [2.05, 4.69) is 20.0 Å². The molecule has 1 saturated heterocycles. The number of benzene rings is 1. The number of ether oxygens (including phenoxy) is 2. The molecule has 0 saturated carbocycles. The molecule has 0 radical (unpaired) electrons. The molecule has 4 heterocycles. The van der Waals surface area contributed by atoms with Crippen molar-refractivity contribution in [3.63, 3.8) is 0 Å². The molecule has 1 aliphatic heterocycles. The lowest BCUT2D eigenvalue weighted by atomic mass is 10.1. The van der Waals surface area contributed by atoms with E-state index < -0.39 is 10.0 Å². The fraction of sp³-hybridized carbons (Fsp3) is 0.536. The molecule has 0 unspecified atom stereocenters. The third kappa shape index (κ3) is 6.49. The van der Waals surface area contributed by atoms with Gasteiger partial charge in [-0.15, -0.1) is 0 Å². The van der Waals surface area contributed by atoms with Crippen LogP contribution in [-0.4, -0.2) is 105 Å². The molecule has 1 aromatic carbocycles. The van der Waals surface area contributed by atoms with Gasteiger partial charge in [0.1, 0.15) is 35.8 Å². The lowest BCUT2D eigenvalue weighted by molar-refractivity contribution is 0.123. The Bertz CT molecular complexity index is 1720. The second-order valence-corrected chi connectivity index (χ2v) is 12.4. The zero-order valence-corrected chi connectivity index (χ0v) is 25.9. The Hall–Kier alpha value is -3.66. The SMILES string of the molecule is CCCOc1ccc(S(=O)(=O)N2CCN(CCOC)CC2)cc1-c1nc2c(CCC)nn(Cc3ncnn3C)c2c(=O)[nH]1. The standard InChI is InChI=1S/C28H39N9O5S/c1-5-7-22-25-26(37(33-22)18-24-29-19-30-34(24)3)28(38)32-27(31-25)21-17-20(8-9-23(21)42-15-6-2)43(39,40)36-12-10-35(11-13-36)14-16-41-4/h8-9,17,19H,5-7,10-16,18H2,1-4H3,(H,31,32,38). The largest absolute Gasteiger partial charge is 0.493 e. The molecule has 1 N–H and O–H groups in total. The van der Waals surface area contributed by atoms with E-state index in [9.17, 15) is 13.2 Å². The Kier molecular flexibility index (Phi) is 9.54. The van der Waals surface area contributed by atoms with Crippen LogP contribution in [0.2, 0.25) is 0 Å². The molecule has 0 spiro atoms. The summed E-state index contributed by atoms with van der Waals surface area (Å²) in [6, 6.07) is 4.74. The van der Waals surface area contributed by atoms with Gasteiger partial charge in [0.25, 0.3) is 5.56 Å². The smallest absolute Gasteiger partial charge is 0.277 e. The van der Waals surface area contributed by atoms with E-state index in [1.807, 2.05) is 13.8 Å². The number of aromatic nitrogens is 7. The molecule has 0 bridgehead atoms. The minimum absolute atomic E-state index is 0.117. The Morgan fingerprint density at radius 1 is 1.07 bits per heavy atom. The van der Waals surface area contributed by atoms with E-state index in [4.69, 9.17) is 19.6 Å². The number of hydrogen-bond acceptors (Lipinski definition) is 10. The number of hydrogen-bond donors (Lipinski definition) is 1. The van der Waals surface area contributed by atoms with Crippen LogP contribution in [0.15, 0.2) is 34.2 Å². The summed E-state index contributed by atoms with van der Waals surface area (Å²) in [7, 11) is -0.369. The highest BCUT2D eigenvalue weighted by Gasteiger charge is 2.30. The van der Waals surface area contributed by atoms with Crippen molar-refractivity contribution in [3.8, 4) is 17.1 Å². The maximum absolute atomic E-state index is 13.7. The molecule has 3 aromatic heterocycles. The predicted octanol–water partition coefficient (Wildman–Crippen LogP) is 1.66. The summed E-state index contributed by atoms with van der Waals surface area (Å²) in [5.41, 5.74) is 1.47. The van der Waals surface area contributed by atoms with Crippen molar-refractivity contribution in [2.75, 3.05) is 53.0 Å². The van der Waals surface area contributed by atoms with E-state index in [0.717, 1.165) is 19.4 Å². The van der Waals surface area contributed by atoms with Crippen molar-refractivity contribution in [2.24, 2.45) is 7.05 Å². The van der Waals surface area contributed by atoms with Gasteiger partial charge < -0.3 is 14.5 Å². The Labute approximate surface area is 250 Å².